The van der Waals surface area contributed by atoms with E-state index in [4.69, 9.17) is 14.2 Å². The van der Waals surface area contributed by atoms with Crippen LogP contribution in [0.1, 0.15) is 10.4 Å². The molecule has 0 fully saturated rings. The van der Waals surface area contributed by atoms with Crippen molar-refractivity contribution in [1.29, 1.82) is 0 Å². The fraction of sp³-hybridized carbons (Fsp3) is 0.167. The molecule has 0 heterocycles. The largest absolute Gasteiger partial charge is 0.495 e. The quantitative estimate of drug-likeness (QED) is 0.626. The average Bonchev–Trinajstić information content (AvgIpc) is 2.61. The molecule has 0 amide bonds. The van der Waals surface area contributed by atoms with Crippen LogP contribution >= 0.6 is 0 Å². The number of rotatable bonds is 7. The third-order valence-electron chi connectivity index (χ3n) is 3.25. The first-order valence-corrected chi connectivity index (χ1v) is 7.02. The van der Waals surface area contributed by atoms with Crippen LogP contribution in [-0.4, -0.2) is 27.1 Å². The molecule has 0 unspecified atom stereocenters. The summed E-state index contributed by atoms with van der Waals surface area (Å²) in [5, 5.41) is 3.03. The number of nitrogens with one attached hydrogen (secondary N) is 1. The van der Waals surface area contributed by atoms with Crippen LogP contribution in [0, 0.1) is 0 Å². The minimum Gasteiger partial charge on any atom is -0.495 e. The summed E-state index contributed by atoms with van der Waals surface area (Å²) in [7, 11) is 4.68. The fourth-order valence-electron chi connectivity index (χ4n) is 2.06. The van der Waals surface area contributed by atoms with Crippen molar-refractivity contribution in [3.05, 3.63) is 60.3 Å². The highest BCUT2D eigenvalue weighted by Gasteiger charge is 2.08. The minimum atomic E-state index is -0.145. The molecule has 0 aliphatic rings. The molecule has 0 aromatic heterocycles. The zero-order chi connectivity index (χ0) is 16.7. The van der Waals surface area contributed by atoms with Crippen molar-refractivity contribution in [2.45, 2.75) is 0 Å². The van der Waals surface area contributed by atoms with Crippen LogP contribution in [-0.2, 0) is 0 Å². The maximum Gasteiger partial charge on any atom is 0.187 e. The maximum atomic E-state index is 12.2. The van der Waals surface area contributed by atoms with Gasteiger partial charge in [0.05, 0.1) is 27.0 Å². The minimum absolute atomic E-state index is 0.145. The highest BCUT2D eigenvalue weighted by molar-refractivity contribution is 6.05. The summed E-state index contributed by atoms with van der Waals surface area (Å²) >= 11 is 0. The number of allylic oxidation sites excluding steroid dienone is 1. The standard InChI is InChI=1S/C18H19NO4/c1-21-16-7-5-4-6-14(16)19-11-10-15(20)13-8-9-17(22-2)18(12-13)23-3/h4-12,19H,1-3H3. The summed E-state index contributed by atoms with van der Waals surface area (Å²) in [5.74, 6) is 1.66. The van der Waals surface area contributed by atoms with Gasteiger partial charge in [0.1, 0.15) is 5.75 Å². The first-order chi connectivity index (χ1) is 11.2. The van der Waals surface area contributed by atoms with Crippen LogP contribution in [0.3, 0.4) is 0 Å². The second kappa shape index (κ2) is 7.89. The zero-order valence-corrected chi connectivity index (χ0v) is 13.3. The predicted octanol–water partition coefficient (Wildman–Crippen LogP) is 3.52. The van der Waals surface area contributed by atoms with Crippen LogP contribution in [0.15, 0.2) is 54.7 Å². The molecule has 0 spiro atoms. The molecular weight excluding hydrogens is 294 g/mol. The van der Waals surface area contributed by atoms with Crippen LogP contribution < -0.4 is 19.5 Å². The lowest BCUT2D eigenvalue weighted by atomic mass is 10.1. The molecule has 5 nitrogen and oxygen atoms in total. The summed E-state index contributed by atoms with van der Waals surface area (Å²) in [4.78, 5) is 12.2. The van der Waals surface area contributed by atoms with Gasteiger partial charge in [-0.25, -0.2) is 0 Å². The van der Waals surface area contributed by atoms with E-state index in [1.165, 1.54) is 13.2 Å². The molecule has 0 aliphatic heterocycles. The number of hydrogen-bond acceptors (Lipinski definition) is 5. The van der Waals surface area contributed by atoms with Gasteiger partial charge in [-0.2, -0.15) is 0 Å². The van der Waals surface area contributed by atoms with Crippen molar-refractivity contribution in [3.63, 3.8) is 0 Å². The molecule has 5 heteroatoms. The van der Waals surface area contributed by atoms with Crippen LogP contribution in [0.25, 0.3) is 0 Å². The number of benzene rings is 2. The molecule has 0 aliphatic carbocycles. The van der Waals surface area contributed by atoms with E-state index < -0.39 is 0 Å². The second-order valence-electron chi connectivity index (χ2n) is 4.61. The molecule has 0 saturated heterocycles. The van der Waals surface area contributed by atoms with Crippen LogP contribution in [0.2, 0.25) is 0 Å². The zero-order valence-electron chi connectivity index (χ0n) is 13.3. The third kappa shape index (κ3) is 4.03. The van der Waals surface area contributed by atoms with E-state index in [2.05, 4.69) is 5.32 Å². The van der Waals surface area contributed by atoms with E-state index in [0.29, 0.717) is 22.8 Å². The summed E-state index contributed by atoms with van der Waals surface area (Å²) in [6.45, 7) is 0. The number of hydrogen-bond donors (Lipinski definition) is 1. The Labute approximate surface area is 135 Å². The topological polar surface area (TPSA) is 56.8 Å². The van der Waals surface area contributed by atoms with Gasteiger partial charge in [0.15, 0.2) is 17.3 Å². The number of para-hydroxylation sites is 2. The van der Waals surface area contributed by atoms with Crippen molar-refractivity contribution < 1.29 is 19.0 Å². The molecule has 23 heavy (non-hydrogen) atoms. The van der Waals surface area contributed by atoms with E-state index >= 15 is 0 Å². The molecule has 0 radical (unpaired) electrons. The van der Waals surface area contributed by atoms with E-state index in [9.17, 15) is 4.79 Å². The number of methoxy groups -OCH3 is 3. The molecular formula is C18H19NO4. The Morgan fingerprint density at radius 3 is 2.30 bits per heavy atom. The Kier molecular flexibility index (Phi) is 5.63. The first-order valence-electron chi connectivity index (χ1n) is 7.02. The van der Waals surface area contributed by atoms with Crippen LogP contribution in [0.5, 0.6) is 17.2 Å². The number of ether oxygens (including phenoxy) is 3. The lowest BCUT2D eigenvalue weighted by molar-refractivity contribution is 0.104. The van der Waals surface area contributed by atoms with Gasteiger partial charge in [0.25, 0.3) is 0 Å². The van der Waals surface area contributed by atoms with Crippen molar-refractivity contribution in [2.24, 2.45) is 0 Å². The van der Waals surface area contributed by atoms with Crippen molar-refractivity contribution in [1.82, 2.24) is 0 Å². The van der Waals surface area contributed by atoms with Gasteiger partial charge < -0.3 is 19.5 Å². The number of carbonyl (C=O) groups is 1. The van der Waals surface area contributed by atoms with Gasteiger partial charge in [-0.15, -0.1) is 0 Å². The molecule has 2 rings (SSSR count). The average molecular weight is 313 g/mol. The lowest BCUT2D eigenvalue weighted by Gasteiger charge is -2.08. The van der Waals surface area contributed by atoms with Gasteiger partial charge in [-0.3, -0.25) is 4.79 Å². The summed E-state index contributed by atoms with van der Waals surface area (Å²) < 4.78 is 15.6. The maximum absolute atomic E-state index is 12.2. The molecule has 0 saturated carbocycles. The lowest BCUT2D eigenvalue weighted by Crippen LogP contribution is -1.99. The van der Waals surface area contributed by atoms with Crippen LogP contribution in [0.4, 0.5) is 5.69 Å². The molecule has 2 aromatic carbocycles. The number of ketones is 1. The van der Waals surface area contributed by atoms with Gasteiger partial charge in [0, 0.05) is 17.8 Å². The van der Waals surface area contributed by atoms with Crippen molar-refractivity contribution >= 4 is 11.5 Å². The molecule has 2 aromatic rings. The van der Waals surface area contributed by atoms with Gasteiger partial charge in [-0.05, 0) is 30.3 Å². The van der Waals surface area contributed by atoms with E-state index in [1.807, 2.05) is 24.3 Å². The van der Waals surface area contributed by atoms with E-state index in [0.717, 1.165) is 5.69 Å². The SMILES string of the molecule is COc1ccccc1NC=CC(=O)c1ccc(OC)c(OC)c1. The highest BCUT2D eigenvalue weighted by atomic mass is 16.5. The monoisotopic (exact) mass is 313 g/mol. The fourth-order valence-corrected chi connectivity index (χ4v) is 2.06. The smallest absolute Gasteiger partial charge is 0.187 e. The van der Waals surface area contributed by atoms with Gasteiger partial charge in [-0.1, -0.05) is 12.1 Å². The van der Waals surface area contributed by atoms with Crippen molar-refractivity contribution in [3.8, 4) is 17.2 Å². The Bertz CT molecular complexity index is 710. The van der Waals surface area contributed by atoms with E-state index in [1.54, 1.807) is 38.6 Å². The molecule has 120 valence electrons. The number of carbonyl (C=O) groups excluding carboxylic acids is 1. The second-order valence-corrected chi connectivity index (χ2v) is 4.61. The molecule has 0 bridgehead atoms. The molecule has 1 N–H and O–H groups in total. The van der Waals surface area contributed by atoms with Gasteiger partial charge in [0.2, 0.25) is 0 Å². The first kappa shape index (κ1) is 16.4. The molecule has 0 atom stereocenters. The predicted molar refractivity (Wildman–Crippen MR) is 89.6 cm³/mol. The normalized spacial score (nSPS) is 10.4. The highest BCUT2D eigenvalue weighted by Crippen LogP contribution is 2.28. The summed E-state index contributed by atoms with van der Waals surface area (Å²) in [6.07, 6.45) is 3.03. The van der Waals surface area contributed by atoms with E-state index in [-0.39, 0.29) is 5.78 Å². The third-order valence-corrected chi connectivity index (χ3v) is 3.25. The summed E-state index contributed by atoms with van der Waals surface area (Å²) in [6, 6.07) is 12.5. The number of anilines is 1. The van der Waals surface area contributed by atoms with Crippen molar-refractivity contribution in [2.75, 3.05) is 26.6 Å². The van der Waals surface area contributed by atoms with Gasteiger partial charge >= 0.3 is 0 Å². The Balaban J connectivity index is 2.09. The Morgan fingerprint density at radius 1 is 0.913 bits per heavy atom. The Morgan fingerprint density at radius 2 is 1.61 bits per heavy atom. The Hall–Kier alpha value is -2.95. The summed E-state index contributed by atoms with van der Waals surface area (Å²) in [5.41, 5.74) is 1.30.